The van der Waals surface area contributed by atoms with Gasteiger partial charge in [-0.25, -0.2) is 0 Å². The maximum Gasteiger partial charge on any atom is 0.220 e. The molecule has 0 aromatic heterocycles. The summed E-state index contributed by atoms with van der Waals surface area (Å²) in [6, 6.07) is 13.5. The number of hydrogen-bond acceptors (Lipinski definition) is 2. The molecule has 2 aromatic rings. The smallest absolute Gasteiger partial charge is 0.220 e. The Morgan fingerprint density at radius 2 is 1.88 bits per heavy atom. The summed E-state index contributed by atoms with van der Waals surface area (Å²) >= 11 is 0. The second kappa shape index (κ2) is 4.33. The molecule has 0 radical (unpaired) electrons. The van der Waals surface area contributed by atoms with Crippen molar-refractivity contribution >= 4 is 16.7 Å². The fraction of sp³-hybridized carbons (Fsp3) is 0.154. The van der Waals surface area contributed by atoms with E-state index in [1.165, 1.54) is 0 Å². The van der Waals surface area contributed by atoms with E-state index in [9.17, 15) is 9.90 Å². The Morgan fingerprint density at radius 1 is 1.19 bits per heavy atom. The number of primary amides is 1. The molecule has 0 spiro atoms. The summed E-state index contributed by atoms with van der Waals surface area (Å²) in [4.78, 5) is 10.7. The van der Waals surface area contributed by atoms with E-state index in [0.717, 1.165) is 16.3 Å². The molecule has 0 aliphatic carbocycles. The molecular weight excluding hydrogens is 202 g/mol. The van der Waals surface area contributed by atoms with Gasteiger partial charge >= 0.3 is 0 Å². The Kier molecular flexibility index (Phi) is 2.88. The van der Waals surface area contributed by atoms with E-state index in [0.29, 0.717) is 0 Å². The standard InChI is InChI=1S/C13H13NO2/c14-13(16)8-12(15)11-6-5-9-3-1-2-4-10(9)7-11/h1-7,12,15H,8H2,(H2,14,16). The maximum absolute atomic E-state index is 10.7. The van der Waals surface area contributed by atoms with E-state index in [-0.39, 0.29) is 6.42 Å². The highest BCUT2D eigenvalue weighted by Crippen LogP contribution is 2.21. The fourth-order valence-corrected chi connectivity index (χ4v) is 1.72. The molecule has 3 heteroatoms. The van der Waals surface area contributed by atoms with E-state index < -0.39 is 12.0 Å². The van der Waals surface area contributed by atoms with Gasteiger partial charge in [0.2, 0.25) is 5.91 Å². The molecule has 3 nitrogen and oxygen atoms in total. The molecular formula is C13H13NO2. The molecule has 2 rings (SSSR count). The molecule has 1 atom stereocenters. The van der Waals surface area contributed by atoms with Crippen LogP contribution in [0.2, 0.25) is 0 Å². The SMILES string of the molecule is NC(=O)CC(O)c1ccc2ccccc2c1. The van der Waals surface area contributed by atoms with Crippen molar-refractivity contribution in [1.29, 1.82) is 0 Å². The number of carbonyl (C=O) groups is 1. The van der Waals surface area contributed by atoms with Crippen LogP contribution in [0.1, 0.15) is 18.1 Å². The zero-order chi connectivity index (χ0) is 11.5. The van der Waals surface area contributed by atoms with Gasteiger partial charge in [-0.15, -0.1) is 0 Å². The van der Waals surface area contributed by atoms with Gasteiger partial charge < -0.3 is 10.8 Å². The summed E-state index contributed by atoms with van der Waals surface area (Å²) in [5.74, 6) is -0.499. The highest BCUT2D eigenvalue weighted by molar-refractivity contribution is 5.83. The number of aliphatic hydroxyl groups is 1. The van der Waals surface area contributed by atoms with Crippen LogP contribution in [0.4, 0.5) is 0 Å². The van der Waals surface area contributed by atoms with Crippen molar-refractivity contribution in [1.82, 2.24) is 0 Å². The number of carbonyl (C=O) groups excluding carboxylic acids is 1. The number of aliphatic hydroxyl groups excluding tert-OH is 1. The third-order valence-electron chi connectivity index (χ3n) is 2.55. The highest BCUT2D eigenvalue weighted by atomic mass is 16.3. The summed E-state index contributed by atoms with van der Waals surface area (Å²) in [6.07, 6.45) is -0.861. The minimum absolute atomic E-state index is 0.0433. The fourth-order valence-electron chi connectivity index (χ4n) is 1.72. The summed E-state index contributed by atoms with van der Waals surface area (Å²) < 4.78 is 0. The normalized spacial score (nSPS) is 12.6. The second-order valence-electron chi connectivity index (χ2n) is 3.79. The van der Waals surface area contributed by atoms with Crippen molar-refractivity contribution in [3.05, 3.63) is 48.0 Å². The van der Waals surface area contributed by atoms with Crippen LogP contribution in [0, 0.1) is 0 Å². The molecule has 0 heterocycles. The second-order valence-corrected chi connectivity index (χ2v) is 3.79. The molecule has 0 aliphatic rings. The first-order valence-electron chi connectivity index (χ1n) is 5.12. The van der Waals surface area contributed by atoms with Gasteiger partial charge in [0.1, 0.15) is 0 Å². The van der Waals surface area contributed by atoms with Crippen LogP contribution in [0.5, 0.6) is 0 Å². The zero-order valence-electron chi connectivity index (χ0n) is 8.76. The molecule has 0 bridgehead atoms. The van der Waals surface area contributed by atoms with Crippen molar-refractivity contribution in [2.24, 2.45) is 5.73 Å². The number of fused-ring (bicyclic) bond motifs is 1. The lowest BCUT2D eigenvalue weighted by Crippen LogP contribution is -2.14. The van der Waals surface area contributed by atoms with Gasteiger partial charge in [-0.1, -0.05) is 36.4 Å². The Balaban J connectivity index is 2.35. The van der Waals surface area contributed by atoms with Crippen LogP contribution >= 0.6 is 0 Å². The molecule has 0 saturated heterocycles. The average molecular weight is 215 g/mol. The van der Waals surface area contributed by atoms with Crippen LogP contribution in [0.3, 0.4) is 0 Å². The monoisotopic (exact) mass is 215 g/mol. The third kappa shape index (κ3) is 2.20. The quantitative estimate of drug-likeness (QED) is 0.819. The number of nitrogens with two attached hydrogens (primary N) is 1. The number of hydrogen-bond donors (Lipinski definition) is 2. The van der Waals surface area contributed by atoms with Gasteiger partial charge in [0.25, 0.3) is 0 Å². The topological polar surface area (TPSA) is 63.3 Å². The Morgan fingerprint density at radius 3 is 2.56 bits per heavy atom. The highest BCUT2D eigenvalue weighted by Gasteiger charge is 2.10. The molecule has 1 unspecified atom stereocenters. The van der Waals surface area contributed by atoms with Crippen LogP contribution in [0.25, 0.3) is 10.8 Å². The average Bonchev–Trinajstić information content (AvgIpc) is 2.27. The van der Waals surface area contributed by atoms with Gasteiger partial charge in [0.05, 0.1) is 12.5 Å². The minimum Gasteiger partial charge on any atom is -0.388 e. The molecule has 0 fully saturated rings. The van der Waals surface area contributed by atoms with Crippen molar-refractivity contribution < 1.29 is 9.90 Å². The van der Waals surface area contributed by atoms with Gasteiger partial charge in [0.15, 0.2) is 0 Å². The minimum atomic E-state index is -0.817. The maximum atomic E-state index is 10.7. The molecule has 1 amide bonds. The zero-order valence-corrected chi connectivity index (χ0v) is 8.76. The van der Waals surface area contributed by atoms with Gasteiger partial charge in [-0.2, -0.15) is 0 Å². The molecule has 0 saturated carbocycles. The molecule has 82 valence electrons. The van der Waals surface area contributed by atoms with E-state index >= 15 is 0 Å². The van der Waals surface area contributed by atoms with Crippen molar-refractivity contribution in [2.45, 2.75) is 12.5 Å². The van der Waals surface area contributed by atoms with E-state index in [1.807, 2.05) is 42.5 Å². The predicted molar refractivity (Wildman–Crippen MR) is 62.7 cm³/mol. The molecule has 3 N–H and O–H groups in total. The Labute approximate surface area is 93.5 Å². The molecule has 0 aliphatic heterocycles. The van der Waals surface area contributed by atoms with Crippen molar-refractivity contribution in [3.8, 4) is 0 Å². The summed E-state index contributed by atoms with van der Waals surface area (Å²) in [5, 5.41) is 11.9. The van der Waals surface area contributed by atoms with Gasteiger partial charge in [-0.3, -0.25) is 4.79 Å². The Hall–Kier alpha value is -1.87. The van der Waals surface area contributed by atoms with Gasteiger partial charge in [-0.05, 0) is 22.4 Å². The summed E-state index contributed by atoms with van der Waals surface area (Å²) in [5.41, 5.74) is 5.76. The van der Waals surface area contributed by atoms with Gasteiger partial charge in [0, 0.05) is 0 Å². The van der Waals surface area contributed by atoms with Crippen molar-refractivity contribution in [2.75, 3.05) is 0 Å². The molecule has 2 aromatic carbocycles. The van der Waals surface area contributed by atoms with E-state index in [1.54, 1.807) is 0 Å². The first kappa shape index (κ1) is 10.6. The van der Waals surface area contributed by atoms with Crippen molar-refractivity contribution in [3.63, 3.8) is 0 Å². The summed E-state index contributed by atoms with van der Waals surface area (Å²) in [6.45, 7) is 0. The lowest BCUT2D eigenvalue weighted by molar-refractivity contribution is -0.119. The third-order valence-corrected chi connectivity index (χ3v) is 2.55. The largest absolute Gasteiger partial charge is 0.388 e. The number of rotatable bonds is 3. The summed E-state index contributed by atoms with van der Waals surface area (Å²) in [7, 11) is 0. The van der Waals surface area contributed by atoms with E-state index in [2.05, 4.69) is 0 Å². The van der Waals surface area contributed by atoms with Crippen LogP contribution in [-0.2, 0) is 4.79 Å². The van der Waals surface area contributed by atoms with Crippen LogP contribution < -0.4 is 5.73 Å². The first-order chi connectivity index (χ1) is 7.66. The number of benzene rings is 2. The first-order valence-corrected chi connectivity index (χ1v) is 5.12. The predicted octanol–water partition coefficient (Wildman–Crippen LogP) is 1.75. The van der Waals surface area contributed by atoms with Crippen LogP contribution in [-0.4, -0.2) is 11.0 Å². The molecule has 16 heavy (non-hydrogen) atoms. The lowest BCUT2D eigenvalue weighted by Gasteiger charge is -2.09. The van der Waals surface area contributed by atoms with E-state index in [4.69, 9.17) is 5.73 Å². The lowest BCUT2D eigenvalue weighted by atomic mass is 10.0. The number of amides is 1. The van der Waals surface area contributed by atoms with Crippen LogP contribution in [0.15, 0.2) is 42.5 Å². The Bertz CT molecular complexity index is 522.